The topological polar surface area (TPSA) is 89.4 Å². The number of carbonyl (C=O) groups is 2. The maximum atomic E-state index is 12.6. The van der Waals surface area contributed by atoms with Crippen molar-refractivity contribution in [2.24, 2.45) is 10.1 Å². The molecular formula is C24H25BrN6O2. The minimum Gasteiger partial charge on any atom is -0.326 e. The van der Waals surface area contributed by atoms with E-state index in [1.54, 1.807) is 13.3 Å². The second kappa shape index (κ2) is 10.4. The first-order chi connectivity index (χ1) is 16.0. The molecule has 0 bridgehead atoms. The van der Waals surface area contributed by atoms with Crippen LogP contribution in [0.2, 0.25) is 0 Å². The molecule has 2 N–H and O–H groups in total. The molecule has 0 aliphatic carbocycles. The largest absolute Gasteiger partial charge is 0.326 e. The first-order valence-corrected chi connectivity index (χ1v) is 11.5. The Balaban J connectivity index is 1.47. The molecule has 2 unspecified atom stereocenters. The number of aliphatic imine (C=N–C) groups is 1. The van der Waals surface area contributed by atoms with E-state index in [0.29, 0.717) is 12.5 Å². The molecule has 0 spiro atoms. The Hall–Kier alpha value is -3.46. The number of hydrogen-bond donors (Lipinski definition) is 2. The number of fused-ring (bicyclic) bond motifs is 1. The molecule has 2 aromatic carbocycles. The van der Waals surface area contributed by atoms with Crippen molar-refractivity contribution in [2.45, 2.75) is 25.0 Å². The van der Waals surface area contributed by atoms with Gasteiger partial charge in [-0.3, -0.25) is 10.1 Å². The average Bonchev–Trinajstić information content (AvgIpc) is 3.18. The molecule has 2 aromatic rings. The molecular weight excluding hydrogens is 484 g/mol. The van der Waals surface area contributed by atoms with E-state index >= 15 is 0 Å². The zero-order valence-corrected chi connectivity index (χ0v) is 19.8. The summed E-state index contributed by atoms with van der Waals surface area (Å²) in [5.41, 5.74) is 5.24. The van der Waals surface area contributed by atoms with E-state index in [1.807, 2.05) is 59.5 Å². The van der Waals surface area contributed by atoms with Crippen LogP contribution in [-0.4, -0.2) is 59.7 Å². The third kappa shape index (κ3) is 5.48. The maximum Gasteiger partial charge on any atom is 0.325 e. The van der Waals surface area contributed by atoms with Crippen LogP contribution in [-0.2, 0) is 11.2 Å². The number of halogens is 1. The highest BCUT2D eigenvalue weighted by Gasteiger charge is 2.48. The van der Waals surface area contributed by atoms with Crippen LogP contribution < -0.4 is 10.7 Å². The predicted molar refractivity (Wildman–Crippen MR) is 133 cm³/mol. The molecule has 1 fully saturated rings. The number of aryl methyl sites for hydroxylation is 1. The quantitative estimate of drug-likeness (QED) is 0.444. The van der Waals surface area contributed by atoms with Gasteiger partial charge in [0.1, 0.15) is 0 Å². The number of hydrazone groups is 1. The van der Waals surface area contributed by atoms with E-state index in [0.717, 1.165) is 22.9 Å². The van der Waals surface area contributed by atoms with E-state index < -0.39 is 18.2 Å². The lowest BCUT2D eigenvalue weighted by atomic mass is 10.1. The fourth-order valence-electron chi connectivity index (χ4n) is 3.86. The molecule has 0 radical (unpaired) electrons. The van der Waals surface area contributed by atoms with E-state index in [1.165, 1.54) is 10.5 Å². The molecule has 2 atom stereocenters. The fraction of sp³-hybridized carbons (Fsp3) is 0.250. The molecule has 9 heteroatoms. The summed E-state index contributed by atoms with van der Waals surface area (Å²) in [4.78, 5) is 32.7. The second-order valence-corrected chi connectivity index (χ2v) is 8.72. The Labute approximate surface area is 201 Å². The molecule has 2 heterocycles. The highest BCUT2D eigenvalue weighted by atomic mass is 79.9. The molecule has 2 aliphatic rings. The Bertz CT molecular complexity index is 1090. The van der Waals surface area contributed by atoms with Crippen molar-refractivity contribution < 1.29 is 9.59 Å². The molecule has 0 aromatic heterocycles. The number of likely N-dealkylation sites (N-methyl/N-ethyl adjacent to an activating group) is 1. The van der Waals surface area contributed by atoms with E-state index in [2.05, 4.69) is 48.9 Å². The first kappa shape index (κ1) is 22.7. The molecule has 0 saturated carbocycles. The van der Waals surface area contributed by atoms with Crippen molar-refractivity contribution in [1.82, 2.24) is 20.5 Å². The number of nitrogens with zero attached hydrogens (tertiary/aromatic N) is 4. The van der Waals surface area contributed by atoms with Gasteiger partial charge in [-0.15, -0.1) is 0 Å². The molecule has 33 heavy (non-hydrogen) atoms. The second-order valence-electron chi connectivity index (χ2n) is 7.81. The van der Waals surface area contributed by atoms with E-state index in [4.69, 9.17) is 0 Å². The number of guanidine groups is 1. The number of benzene rings is 2. The number of nitrogens with one attached hydrogen (secondary N) is 2. The summed E-state index contributed by atoms with van der Waals surface area (Å²) in [5.74, 6) is 0.114. The Morgan fingerprint density at radius 1 is 1.15 bits per heavy atom. The lowest BCUT2D eigenvalue weighted by molar-refractivity contribution is -0.127. The lowest BCUT2D eigenvalue weighted by Crippen LogP contribution is -2.64. The highest BCUT2D eigenvalue weighted by molar-refractivity contribution is 9.12. The number of allylic oxidation sites excluding steroid dienone is 1. The van der Waals surface area contributed by atoms with Gasteiger partial charge in [0.25, 0.3) is 5.91 Å². The first-order valence-electron chi connectivity index (χ1n) is 10.7. The Morgan fingerprint density at radius 3 is 2.58 bits per heavy atom. The third-order valence-electron chi connectivity index (χ3n) is 5.52. The van der Waals surface area contributed by atoms with E-state index in [-0.39, 0.29) is 5.91 Å². The minimum absolute atomic E-state index is 0.350. The summed E-state index contributed by atoms with van der Waals surface area (Å²) >= 11 is 3.50. The number of hydrogen-bond acceptors (Lipinski definition) is 6. The highest BCUT2D eigenvalue weighted by Crippen LogP contribution is 2.24. The van der Waals surface area contributed by atoms with Gasteiger partial charge in [0.15, 0.2) is 12.2 Å². The van der Waals surface area contributed by atoms with Crippen LogP contribution in [0.15, 0.2) is 75.2 Å². The van der Waals surface area contributed by atoms with Crippen molar-refractivity contribution in [3.8, 4) is 0 Å². The molecule has 3 amide bonds. The van der Waals surface area contributed by atoms with Crippen molar-refractivity contribution >= 4 is 46.1 Å². The Morgan fingerprint density at radius 2 is 1.85 bits per heavy atom. The average molecular weight is 509 g/mol. The smallest absolute Gasteiger partial charge is 0.325 e. The van der Waals surface area contributed by atoms with E-state index in [9.17, 15) is 9.59 Å². The number of imide groups is 1. The molecule has 4 rings (SSSR count). The fourth-order valence-corrected chi connectivity index (χ4v) is 4.23. The van der Waals surface area contributed by atoms with Gasteiger partial charge in [-0.2, -0.15) is 5.10 Å². The van der Waals surface area contributed by atoms with Crippen LogP contribution >= 0.6 is 15.9 Å². The SMILES string of the molecule is CN1C(=O)NC(=O)C2C1N=C(N/N=C/C(Br)=C/c1ccccc1)N2CCCc1ccccc1. The summed E-state index contributed by atoms with van der Waals surface area (Å²) in [5, 5.41) is 6.71. The van der Waals surface area contributed by atoms with Gasteiger partial charge in [-0.1, -0.05) is 60.7 Å². The van der Waals surface area contributed by atoms with Crippen LogP contribution in [0.1, 0.15) is 17.5 Å². The number of urea groups is 1. The van der Waals surface area contributed by atoms with Gasteiger partial charge in [0.2, 0.25) is 5.96 Å². The number of carbonyl (C=O) groups excluding carboxylic acids is 2. The summed E-state index contributed by atoms with van der Waals surface area (Å²) in [6.45, 7) is 0.591. The number of amides is 3. The summed E-state index contributed by atoms with van der Waals surface area (Å²) in [6.07, 6.45) is 4.67. The minimum atomic E-state index is -0.594. The van der Waals surface area contributed by atoms with Gasteiger partial charge >= 0.3 is 6.03 Å². The van der Waals surface area contributed by atoms with Crippen molar-refractivity contribution in [1.29, 1.82) is 0 Å². The normalized spacial score (nSPS) is 20.7. The summed E-state index contributed by atoms with van der Waals surface area (Å²) in [7, 11) is 1.64. The van der Waals surface area contributed by atoms with Gasteiger partial charge in [0.05, 0.1) is 6.21 Å². The zero-order chi connectivity index (χ0) is 23.2. The van der Waals surface area contributed by atoms with Gasteiger partial charge < -0.3 is 9.80 Å². The van der Waals surface area contributed by atoms with Gasteiger partial charge in [0, 0.05) is 18.1 Å². The molecule has 170 valence electrons. The van der Waals surface area contributed by atoms with Crippen LogP contribution in [0, 0.1) is 0 Å². The standard InChI is InChI=1S/C24H25BrN6O2/c1-30-21-20(22(32)28-24(30)33)31(14-8-13-17-9-4-2-5-10-17)23(27-21)29-26-16-19(25)15-18-11-6-3-7-12-18/h2-7,9-12,15-16,20-21H,8,13-14H2,1H3,(H,27,29)(H,28,32,33)/b19-15-,26-16+. The van der Waals surface area contributed by atoms with Gasteiger partial charge in [-0.25, -0.2) is 15.2 Å². The molecule has 8 nitrogen and oxygen atoms in total. The van der Waals surface area contributed by atoms with Crippen molar-refractivity contribution in [3.05, 3.63) is 76.3 Å². The predicted octanol–water partition coefficient (Wildman–Crippen LogP) is 3.18. The van der Waals surface area contributed by atoms with Crippen LogP contribution in [0.5, 0.6) is 0 Å². The third-order valence-corrected chi connectivity index (χ3v) is 5.96. The van der Waals surface area contributed by atoms with Crippen molar-refractivity contribution in [2.75, 3.05) is 13.6 Å². The van der Waals surface area contributed by atoms with Gasteiger partial charge in [-0.05, 0) is 46.0 Å². The maximum absolute atomic E-state index is 12.6. The van der Waals surface area contributed by atoms with Crippen molar-refractivity contribution in [3.63, 3.8) is 0 Å². The monoisotopic (exact) mass is 508 g/mol. The summed E-state index contributed by atoms with van der Waals surface area (Å²) < 4.78 is 0.776. The lowest BCUT2D eigenvalue weighted by Gasteiger charge is -2.36. The van der Waals surface area contributed by atoms with Crippen LogP contribution in [0.3, 0.4) is 0 Å². The molecule has 2 aliphatic heterocycles. The molecule has 1 saturated heterocycles. The Kier molecular flexibility index (Phi) is 7.19. The zero-order valence-electron chi connectivity index (χ0n) is 18.2. The van der Waals surface area contributed by atoms with Crippen LogP contribution in [0.25, 0.3) is 6.08 Å². The van der Waals surface area contributed by atoms with Crippen LogP contribution in [0.4, 0.5) is 4.79 Å². The number of rotatable bonds is 7. The summed E-state index contributed by atoms with van der Waals surface area (Å²) in [6, 6.07) is 19.0.